The number of nitrogens with one attached hydrogen (secondary N) is 1. The number of para-hydroxylation sites is 1. The summed E-state index contributed by atoms with van der Waals surface area (Å²) in [6.45, 7) is 4.29. The lowest BCUT2D eigenvalue weighted by Gasteiger charge is -2.28. The molecule has 9 nitrogen and oxygen atoms in total. The highest BCUT2D eigenvalue weighted by Crippen LogP contribution is 2.30. The second-order valence-electron chi connectivity index (χ2n) is 9.00. The molecule has 4 aromatic rings. The molecule has 6 rings (SSSR count). The molecule has 1 aliphatic carbocycles. The molecule has 33 heavy (non-hydrogen) atoms. The molecule has 0 radical (unpaired) electrons. The topological polar surface area (TPSA) is 93.8 Å². The van der Waals surface area contributed by atoms with Gasteiger partial charge in [0.15, 0.2) is 17.0 Å². The minimum absolute atomic E-state index is 0.159. The van der Waals surface area contributed by atoms with Crippen LogP contribution in [0, 0.1) is 12.8 Å². The number of imidazole rings is 1. The zero-order valence-electron chi connectivity index (χ0n) is 18.8. The molecule has 0 atom stereocenters. The second-order valence-corrected chi connectivity index (χ2v) is 9.00. The highest BCUT2D eigenvalue weighted by Gasteiger charge is 2.27. The second kappa shape index (κ2) is 7.68. The number of carbonyl (C=O) groups excluding carboxylic acids is 1. The Hall–Kier alpha value is -3.75. The van der Waals surface area contributed by atoms with Gasteiger partial charge >= 0.3 is 0 Å². The number of anilines is 1. The van der Waals surface area contributed by atoms with Crippen LogP contribution >= 0.6 is 0 Å². The van der Waals surface area contributed by atoms with Crippen molar-refractivity contribution in [2.45, 2.75) is 32.7 Å². The van der Waals surface area contributed by atoms with Crippen molar-refractivity contribution in [3.63, 3.8) is 0 Å². The normalized spacial score (nSPS) is 15.6. The number of hydrogen-bond donors (Lipinski definition) is 1. The number of carbonyl (C=O) groups is 1. The Labute approximate surface area is 191 Å². The molecule has 1 fully saturated rings. The van der Waals surface area contributed by atoms with Gasteiger partial charge < -0.3 is 14.8 Å². The number of nitrogens with zero attached hydrogens (tertiary/aromatic N) is 7. The Balaban J connectivity index is 1.31. The van der Waals surface area contributed by atoms with Crippen LogP contribution in [0.15, 0.2) is 36.8 Å². The summed E-state index contributed by atoms with van der Waals surface area (Å²) in [4.78, 5) is 28.6. The minimum Gasteiger partial charge on any atom is -0.350 e. The van der Waals surface area contributed by atoms with Crippen LogP contribution in [-0.2, 0) is 20.0 Å². The summed E-state index contributed by atoms with van der Waals surface area (Å²) in [5.74, 6) is 1.58. The summed E-state index contributed by atoms with van der Waals surface area (Å²) < 4.78 is 3.81. The zero-order chi connectivity index (χ0) is 22.5. The molecule has 0 spiro atoms. The van der Waals surface area contributed by atoms with E-state index in [1.165, 1.54) is 29.7 Å². The molecule has 9 heteroatoms. The van der Waals surface area contributed by atoms with E-state index in [0.29, 0.717) is 36.0 Å². The van der Waals surface area contributed by atoms with Crippen LogP contribution in [0.3, 0.4) is 0 Å². The number of aryl methyl sites for hydroxylation is 2. The van der Waals surface area contributed by atoms with E-state index in [9.17, 15) is 4.79 Å². The first-order chi connectivity index (χ1) is 16.1. The van der Waals surface area contributed by atoms with E-state index in [2.05, 4.69) is 54.0 Å². The molecular formula is C24H26N8O. The lowest BCUT2D eigenvalue weighted by atomic mass is 10.1. The molecule has 0 bridgehead atoms. The zero-order valence-corrected chi connectivity index (χ0v) is 18.8. The Kier molecular flexibility index (Phi) is 4.63. The first kappa shape index (κ1) is 19.9. The summed E-state index contributed by atoms with van der Waals surface area (Å²) in [5.41, 5.74) is 6.04. The van der Waals surface area contributed by atoms with E-state index < -0.39 is 0 Å². The highest BCUT2D eigenvalue weighted by molar-refractivity contribution is 5.96. The molecule has 0 unspecified atom stereocenters. The molecule has 2 aliphatic rings. The lowest BCUT2D eigenvalue weighted by molar-refractivity contribution is 0.0939. The fraction of sp³-hybridized carbons (Fsp3) is 0.375. The van der Waals surface area contributed by atoms with Gasteiger partial charge in [0.2, 0.25) is 5.82 Å². The molecule has 1 N–H and O–H groups in total. The molecule has 0 saturated heterocycles. The average Bonchev–Trinajstić information content (AvgIpc) is 3.48. The van der Waals surface area contributed by atoms with E-state index in [0.717, 1.165) is 24.5 Å². The van der Waals surface area contributed by atoms with E-state index in [1.807, 2.05) is 25.4 Å². The summed E-state index contributed by atoms with van der Waals surface area (Å²) >= 11 is 0. The van der Waals surface area contributed by atoms with Crippen molar-refractivity contribution in [1.82, 2.24) is 34.6 Å². The predicted molar refractivity (Wildman–Crippen MR) is 124 cm³/mol. The summed E-state index contributed by atoms with van der Waals surface area (Å²) in [5, 5.41) is 7.69. The first-order valence-corrected chi connectivity index (χ1v) is 11.4. The smallest absolute Gasteiger partial charge is 0.287 e. The maximum absolute atomic E-state index is 12.7. The Morgan fingerprint density at radius 3 is 2.88 bits per heavy atom. The third-order valence-electron chi connectivity index (χ3n) is 6.67. The first-order valence-electron chi connectivity index (χ1n) is 11.4. The number of aromatic nitrogens is 6. The Bertz CT molecular complexity index is 1370. The lowest BCUT2D eigenvalue weighted by Crippen LogP contribution is -2.31. The summed E-state index contributed by atoms with van der Waals surface area (Å²) in [7, 11) is 1.83. The number of amides is 1. The molecule has 168 valence electrons. The van der Waals surface area contributed by atoms with E-state index in [1.54, 1.807) is 10.9 Å². The third-order valence-corrected chi connectivity index (χ3v) is 6.67. The van der Waals surface area contributed by atoms with Crippen LogP contribution in [0.2, 0.25) is 0 Å². The predicted octanol–water partition coefficient (Wildman–Crippen LogP) is 2.56. The van der Waals surface area contributed by atoms with Crippen LogP contribution in [0.4, 0.5) is 5.82 Å². The maximum Gasteiger partial charge on any atom is 0.287 e. The fourth-order valence-electron chi connectivity index (χ4n) is 4.58. The van der Waals surface area contributed by atoms with E-state index in [-0.39, 0.29) is 5.91 Å². The Morgan fingerprint density at radius 1 is 1.21 bits per heavy atom. The third kappa shape index (κ3) is 3.44. The van der Waals surface area contributed by atoms with Crippen molar-refractivity contribution >= 4 is 22.9 Å². The number of rotatable bonds is 5. The van der Waals surface area contributed by atoms with Gasteiger partial charge in [0.25, 0.3) is 5.91 Å². The molecule has 1 amide bonds. The van der Waals surface area contributed by atoms with Gasteiger partial charge in [-0.25, -0.2) is 19.6 Å². The van der Waals surface area contributed by atoms with Gasteiger partial charge in [-0.1, -0.05) is 18.2 Å². The molecule has 4 heterocycles. The van der Waals surface area contributed by atoms with Gasteiger partial charge in [0.05, 0.1) is 17.6 Å². The van der Waals surface area contributed by atoms with E-state index >= 15 is 0 Å². The van der Waals surface area contributed by atoms with Crippen molar-refractivity contribution in [3.05, 3.63) is 59.4 Å². The fourth-order valence-corrected chi connectivity index (χ4v) is 4.58. The average molecular weight is 443 g/mol. The summed E-state index contributed by atoms with van der Waals surface area (Å²) in [6.07, 6.45) is 6.72. The van der Waals surface area contributed by atoms with Gasteiger partial charge in [0.1, 0.15) is 6.33 Å². The van der Waals surface area contributed by atoms with Crippen LogP contribution in [0.5, 0.6) is 0 Å². The molecule has 1 aromatic carbocycles. The van der Waals surface area contributed by atoms with Gasteiger partial charge in [-0.3, -0.25) is 4.79 Å². The van der Waals surface area contributed by atoms with Crippen LogP contribution in [0.25, 0.3) is 16.9 Å². The molecular weight excluding hydrogens is 416 g/mol. The van der Waals surface area contributed by atoms with Gasteiger partial charge in [-0.05, 0) is 37.3 Å². The van der Waals surface area contributed by atoms with Crippen molar-refractivity contribution in [3.8, 4) is 5.69 Å². The molecule has 3 aromatic heterocycles. The quantitative estimate of drug-likeness (QED) is 0.511. The van der Waals surface area contributed by atoms with Crippen LogP contribution in [0.1, 0.15) is 40.3 Å². The largest absolute Gasteiger partial charge is 0.350 e. The van der Waals surface area contributed by atoms with E-state index in [4.69, 9.17) is 0 Å². The highest BCUT2D eigenvalue weighted by atomic mass is 16.2. The van der Waals surface area contributed by atoms with Crippen LogP contribution in [-0.4, -0.2) is 48.3 Å². The number of benzene rings is 1. The number of fused-ring (bicyclic) bond motifs is 2. The minimum atomic E-state index is -0.159. The molecule has 1 saturated carbocycles. The SMILES string of the molecule is Cc1ccccc1-n1ncc2c1CCN(c1ncnc3c1nc(C(=O)NCC1CC1)n3C)C2. The number of hydrogen-bond acceptors (Lipinski definition) is 6. The molecule has 1 aliphatic heterocycles. The Morgan fingerprint density at radius 2 is 2.06 bits per heavy atom. The van der Waals surface area contributed by atoms with Gasteiger partial charge in [-0.2, -0.15) is 5.10 Å². The van der Waals surface area contributed by atoms with Crippen molar-refractivity contribution in [1.29, 1.82) is 0 Å². The van der Waals surface area contributed by atoms with Crippen molar-refractivity contribution in [2.24, 2.45) is 13.0 Å². The van der Waals surface area contributed by atoms with Gasteiger partial charge in [0, 0.05) is 38.7 Å². The maximum atomic E-state index is 12.7. The summed E-state index contributed by atoms with van der Waals surface area (Å²) in [6, 6.07) is 8.30. The van der Waals surface area contributed by atoms with Crippen molar-refractivity contribution < 1.29 is 4.79 Å². The van der Waals surface area contributed by atoms with Gasteiger partial charge in [-0.15, -0.1) is 0 Å². The standard InChI is InChI=1S/C24H26N8O/c1-15-5-3-4-6-18(15)32-19-9-10-31(13-17(19)12-28-32)22-20-21(26-14-27-22)30(2)23(29-20)24(33)25-11-16-7-8-16/h3-6,12,14,16H,7-11,13H2,1-2H3,(H,25,33). The van der Waals surface area contributed by atoms with Crippen molar-refractivity contribution in [2.75, 3.05) is 18.0 Å². The van der Waals surface area contributed by atoms with Crippen LogP contribution < -0.4 is 10.2 Å². The monoisotopic (exact) mass is 442 g/mol.